The summed E-state index contributed by atoms with van der Waals surface area (Å²) >= 11 is 1.49. The van der Waals surface area contributed by atoms with Gasteiger partial charge in [-0.3, -0.25) is 9.59 Å². The zero-order valence-electron chi connectivity index (χ0n) is 18.5. The molecule has 0 bridgehead atoms. The van der Waals surface area contributed by atoms with Crippen molar-refractivity contribution in [2.24, 2.45) is 0 Å². The smallest absolute Gasteiger partial charge is 0.243 e. The molecule has 0 aliphatic heterocycles. The summed E-state index contributed by atoms with van der Waals surface area (Å²) in [6.07, 6.45) is 0.545. The van der Waals surface area contributed by atoms with Crippen LogP contribution in [-0.4, -0.2) is 41.7 Å². The minimum absolute atomic E-state index is 0.0160. The standard InChI is InChI=1S/C24H32N2O3S/c1-6-22(24(28)25-17(2)3)26(15-19-8-7-9-20(14-19)29-5)23(27)16-30-21-12-10-18(4)11-13-21/h7-14,17,22H,6,15-16H2,1-5H3,(H,25,28). The normalized spacial score (nSPS) is 11.8. The lowest BCUT2D eigenvalue weighted by molar-refractivity contribution is -0.139. The Morgan fingerprint density at radius 2 is 1.83 bits per heavy atom. The van der Waals surface area contributed by atoms with Gasteiger partial charge in [0, 0.05) is 17.5 Å². The van der Waals surface area contributed by atoms with E-state index in [9.17, 15) is 9.59 Å². The summed E-state index contributed by atoms with van der Waals surface area (Å²) < 4.78 is 5.31. The first-order chi connectivity index (χ1) is 14.3. The fourth-order valence-corrected chi connectivity index (χ4v) is 3.91. The van der Waals surface area contributed by atoms with Crippen LogP contribution in [0.4, 0.5) is 0 Å². The van der Waals surface area contributed by atoms with E-state index in [1.54, 1.807) is 12.0 Å². The highest BCUT2D eigenvalue weighted by Crippen LogP contribution is 2.22. The van der Waals surface area contributed by atoms with Gasteiger partial charge in [-0.25, -0.2) is 0 Å². The molecule has 0 fully saturated rings. The Hall–Kier alpha value is -2.47. The van der Waals surface area contributed by atoms with Gasteiger partial charge in [0.2, 0.25) is 11.8 Å². The van der Waals surface area contributed by atoms with Crippen LogP contribution in [0.1, 0.15) is 38.3 Å². The van der Waals surface area contributed by atoms with E-state index >= 15 is 0 Å². The number of aryl methyl sites for hydroxylation is 1. The molecule has 2 rings (SSSR count). The van der Waals surface area contributed by atoms with Gasteiger partial charge >= 0.3 is 0 Å². The fourth-order valence-electron chi connectivity index (χ4n) is 3.13. The van der Waals surface area contributed by atoms with Crippen molar-refractivity contribution in [3.8, 4) is 5.75 Å². The van der Waals surface area contributed by atoms with Gasteiger partial charge in [-0.2, -0.15) is 0 Å². The fraction of sp³-hybridized carbons (Fsp3) is 0.417. The van der Waals surface area contributed by atoms with Crippen LogP contribution in [0.2, 0.25) is 0 Å². The van der Waals surface area contributed by atoms with Crippen molar-refractivity contribution in [3.63, 3.8) is 0 Å². The molecule has 0 aliphatic rings. The molecule has 162 valence electrons. The van der Waals surface area contributed by atoms with Gasteiger partial charge in [0.05, 0.1) is 12.9 Å². The number of hydrogen-bond donors (Lipinski definition) is 1. The van der Waals surface area contributed by atoms with Crippen molar-refractivity contribution < 1.29 is 14.3 Å². The predicted molar refractivity (Wildman–Crippen MR) is 123 cm³/mol. The molecular formula is C24H32N2O3S. The first-order valence-corrected chi connectivity index (χ1v) is 11.2. The molecule has 0 saturated carbocycles. The second-order valence-electron chi connectivity index (χ2n) is 7.56. The summed E-state index contributed by atoms with van der Waals surface area (Å²) in [4.78, 5) is 28.8. The largest absolute Gasteiger partial charge is 0.497 e. The lowest BCUT2D eigenvalue weighted by atomic mass is 10.1. The first kappa shape index (κ1) is 23.8. The number of benzene rings is 2. The quantitative estimate of drug-likeness (QED) is 0.569. The molecule has 1 atom stereocenters. The molecular weight excluding hydrogens is 396 g/mol. The Morgan fingerprint density at radius 1 is 1.13 bits per heavy atom. The maximum atomic E-state index is 13.2. The van der Waals surface area contributed by atoms with Gasteiger partial charge in [-0.05, 0) is 57.0 Å². The monoisotopic (exact) mass is 428 g/mol. The van der Waals surface area contributed by atoms with Crippen LogP contribution < -0.4 is 10.1 Å². The topological polar surface area (TPSA) is 58.6 Å². The van der Waals surface area contributed by atoms with Gasteiger partial charge in [-0.1, -0.05) is 36.8 Å². The van der Waals surface area contributed by atoms with E-state index in [0.29, 0.717) is 13.0 Å². The predicted octanol–water partition coefficient (Wildman–Crippen LogP) is 4.43. The molecule has 2 amide bonds. The number of nitrogens with zero attached hydrogens (tertiary/aromatic N) is 1. The maximum Gasteiger partial charge on any atom is 0.243 e. The van der Waals surface area contributed by atoms with E-state index in [1.165, 1.54) is 17.3 Å². The third kappa shape index (κ3) is 7.10. The molecule has 2 aromatic rings. The number of nitrogens with one attached hydrogen (secondary N) is 1. The molecule has 0 saturated heterocycles. The Bertz CT molecular complexity index is 837. The molecule has 1 unspecified atom stereocenters. The van der Waals surface area contributed by atoms with E-state index < -0.39 is 6.04 Å². The van der Waals surface area contributed by atoms with Crippen LogP contribution in [0.3, 0.4) is 0 Å². The molecule has 0 radical (unpaired) electrons. The number of amides is 2. The summed E-state index contributed by atoms with van der Waals surface area (Å²) in [7, 11) is 1.62. The number of thioether (sulfide) groups is 1. The van der Waals surface area contributed by atoms with Crippen LogP contribution in [0, 0.1) is 6.92 Å². The molecule has 0 aliphatic carbocycles. The highest BCUT2D eigenvalue weighted by molar-refractivity contribution is 8.00. The van der Waals surface area contributed by atoms with Crippen molar-refractivity contribution in [2.45, 2.75) is 57.6 Å². The van der Waals surface area contributed by atoms with E-state index in [2.05, 4.69) is 5.32 Å². The minimum atomic E-state index is -0.523. The van der Waals surface area contributed by atoms with Crippen molar-refractivity contribution in [1.29, 1.82) is 0 Å². The Kier molecular flexibility index (Phi) is 9.24. The Morgan fingerprint density at radius 3 is 2.43 bits per heavy atom. The summed E-state index contributed by atoms with van der Waals surface area (Å²) in [6, 6.07) is 15.2. The van der Waals surface area contributed by atoms with Gasteiger partial charge in [0.25, 0.3) is 0 Å². The summed E-state index contributed by atoms with van der Waals surface area (Å²) in [5.41, 5.74) is 2.11. The Balaban J connectivity index is 2.22. The lowest BCUT2D eigenvalue weighted by Crippen LogP contribution is -2.50. The second kappa shape index (κ2) is 11.6. The third-order valence-electron chi connectivity index (χ3n) is 4.69. The molecule has 6 heteroatoms. The average Bonchev–Trinajstić information content (AvgIpc) is 2.72. The van der Waals surface area contributed by atoms with Crippen molar-refractivity contribution in [2.75, 3.05) is 12.9 Å². The number of carbonyl (C=O) groups excluding carboxylic acids is 2. The van der Waals surface area contributed by atoms with Crippen LogP contribution in [0.5, 0.6) is 5.75 Å². The van der Waals surface area contributed by atoms with Crippen LogP contribution in [0.15, 0.2) is 53.4 Å². The first-order valence-electron chi connectivity index (χ1n) is 10.3. The zero-order valence-corrected chi connectivity index (χ0v) is 19.3. The van der Waals surface area contributed by atoms with Crippen LogP contribution in [0.25, 0.3) is 0 Å². The highest BCUT2D eigenvalue weighted by atomic mass is 32.2. The number of methoxy groups -OCH3 is 1. The SMILES string of the molecule is CCC(C(=O)NC(C)C)N(Cc1cccc(OC)c1)C(=O)CSc1ccc(C)cc1. The zero-order chi connectivity index (χ0) is 22.1. The van der Waals surface area contributed by atoms with Crippen LogP contribution >= 0.6 is 11.8 Å². The van der Waals surface area contributed by atoms with Crippen molar-refractivity contribution >= 4 is 23.6 Å². The van der Waals surface area contributed by atoms with Gasteiger partial charge < -0.3 is 15.0 Å². The molecule has 1 N–H and O–H groups in total. The summed E-state index contributed by atoms with van der Waals surface area (Å²) in [5, 5.41) is 2.95. The summed E-state index contributed by atoms with van der Waals surface area (Å²) in [5.74, 6) is 0.824. The molecule has 0 spiro atoms. The third-order valence-corrected chi connectivity index (χ3v) is 5.68. The molecule has 5 nitrogen and oxygen atoms in total. The van der Waals surface area contributed by atoms with E-state index in [1.807, 2.05) is 76.2 Å². The van der Waals surface area contributed by atoms with E-state index in [4.69, 9.17) is 4.74 Å². The minimum Gasteiger partial charge on any atom is -0.497 e. The summed E-state index contributed by atoms with van der Waals surface area (Å²) in [6.45, 7) is 8.17. The molecule has 30 heavy (non-hydrogen) atoms. The number of hydrogen-bond acceptors (Lipinski definition) is 4. The highest BCUT2D eigenvalue weighted by Gasteiger charge is 2.29. The number of carbonyl (C=O) groups is 2. The number of ether oxygens (including phenoxy) is 1. The van der Waals surface area contributed by atoms with Gasteiger partial charge in [-0.15, -0.1) is 11.8 Å². The van der Waals surface area contributed by atoms with Gasteiger partial charge in [0.15, 0.2) is 0 Å². The van der Waals surface area contributed by atoms with Crippen molar-refractivity contribution in [3.05, 3.63) is 59.7 Å². The van der Waals surface area contributed by atoms with E-state index in [0.717, 1.165) is 16.2 Å². The Labute approximate surface area is 184 Å². The molecule has 0 heterocycles. The maximum absolute atomic E-state index is 13.2. The average molecular weight is 429 g/mol. The van der Waals surface area contributed by atoms with Crippen LogP contribution in [-0.2, 0) is 16.1 Å². The second-order valence-corrected chi connectivity index (χ2v) is 8.61. The lowest BCUT2D eigenvalue weighted by Gasteiger charge is -2.31. The molecule has 2 aromatic carbocycles. The van der Waals surface area contributed by atoms with Crippen molar-refractivity contribution in [1.82, 2.24) is 10.2 Å². The van der Waals surface area contributed by atoms with E-state index in [-0.39, 0.29) is 23.6 Å². The molecule has 0 aromatic heterocycles. The number of rotatable bonds is 10. The van der Waals surface area contributed by atoms with Gasteiger partial charge in [0.1, 0.15) is 11.8 Å².